The Morgan fingerprint density at radius 2 is 2.00 bits per heavy atom. The maximum absolute atomic E-state index is 5.33. The van der Waals surface area contributed by atoms with Crippen molar-refractivity contribution in [2.75, 3.05) is 7.11 Å². The van der Waals surface area contributed by atoms with Gasteiger partial charge in [0.25, 0.3) is 0 Å². The van der Waals surface area contributed by atoms with Gasteiger partial charge in [0.15, 0.2) is 0 Å². The van der Waals surface area contributed by atoms with Gasteiger partial charge in [0, 0.05) is 21.8 Å². The van der Waals surface area contributed by atoms with E-state index in [1.165, 1.54) is 15.5 Å². The molecule has 4 aromatic rings. The number of rotatable bonds is 1. The van der Waals surface area contributed by atoms with Crippen molar-refractivity contribution in [3.63, 3.8) is 0 Å². The summed E-state index contributed by atoms with van der Waals surface area (Å²) in [6, 6.07) is 10.4. The number of aromatic nitrogens is 2. The lowest BCUT2D eigenvalue weighted by Crippen LogP contribution is -1.81. The fourth-order valence-corrected chi connectivity index (χ4v) is 3.43. The van der Waals surface area contributed by atoms with E-state index < -0.39 is 0 Å². The first kappa shape index (κ1) is 10.8. The van der Waals surface area contributed by atoms with Crippen LogP contribution in [0.1, 0.15) is 5.01 Å². The highest BCUT2D eigenvalue weighted by atomic mass is 32.1. The van der Waals surface area contributed by atoms with Gasteiger partial charge in [-0.1, -0.05) is 0 Å². The van der Waals surface area contributed by atoms with Gasteiger partial charge in [-0.25, -0.2) is 4.98 Å². The van der Waals surface area contributed by atoms with Crippen molar-refractivity contribution in [3.05, 3.63) is 35.3 Å². The second-order valence-electron chi connectivity index (χ2n) is 4.60. The van der Waals surface area contributed by atoms with Crippen molar-refractivity contribution in [2.45, 2.75) is 6.92 Å². The van der Waals surface area contributed by atoms with Crippen LogP contribution in [0.2, 0.25) is 0 Å². The molecule has 0 fully saturated rings. The third-order valence-electron chi connectivity index (χ3n) is 3.43. The van der Waals surface area contributed by atoms with Crippen LogP contribution in [0.25, 0.3) is 32.0 Å². The second kappa shape index (κ2) is 3.71. The zero-order valence-corrected chi connectivity index (χ0v) is 11.5. The number of hydrogen-bond donors (Lipinski definition) is 1. The molecule has 0 bridgehead atoms. The standard InChI is InChI=1S/C15H12N2OS/c1-8-16-15-13(19-8)6-5-12-14(15)10-7-9(18-2)3-4-11(10)17-12/h3-7,17H,1-2H3. The second-order valence-corrected chi connectivity index (χ2v) is 5.84. The van der Waals surface area contributed by atoms with Crippen molar-refractivity contribution >= 4 is 43.4 Å². The van der Waals surface area contributed by atoms with Crippen LogP contribution in [0.5, 0.6) is 5.75 Å². The summed E-state index contributed by atoms with van der Waals surface area (Å²) in [5, 5.41) is 3.46. The Balaban J connectivity index is 2.26. The first-order valence-corrected chi connectivity index (χ1v) is 6.93. The Morgan fingerprint density at radius 3 is 2.84 bits per heavy atom. The first-order chi connectivity index (χ1) is 9.26. The molecule has 0 aliphatic carbocycles. The molecule has 94 valence electrons. The first-order valence-electron chi connectivity index (χ1n) is 6.12. The number of nitrogens with zero attached hydrogens (tertiary/aromatic N) is 1. The molecule has 0 atom stereocenters. The molecular weight excluding hydrogens is 256 g/mol. The minimum atomic E-state index is 0.873. The molecule has 0 aliphatic heterocycles. The van der Waals surface area contributed by atoms with E-state index >= 15 is 0 Å². The Hall–Kier alpha value is -2.07. The molecule has 1 N–H and O–H groups in total. The van der Waals surface area contributed by atoms with Gasteiger partial charge >= 0.3 is 0 Å². The van der Waals surface area contributed by atoms with Gasteiger partial charge in [0.1, 0.15) is 5.75 Å². The fraction of sp³-hybridized carbons (Fsp3) is 0.133. The number of nitrogens with one attached hydrogen (secondary N) is 1. The Morgan fingerprint density at radius 1 is 1.16 bits per heavy atom. The minimum Gasteiger partial charge on any atom is -0.497 e. The Bertz CT molecular complexity index is 920. The summed E-state index contributed by atoms with van der Waals surface area (Å²) in [7, 11) is 1.69. The lowest BCUT2D eigenvalue weighted by molar-refractivity contribution is 0.415. The summed E-state index contributed by atoms with van der Waals surface area (Å²) in [4.78, 5) is 8.12. The van der Waals surface area contributed by atoms with Crippen LogP contribution in [0.3, 0.4) is 0 Å². The molecule has 3 nitrogen and oxygen atoms in total. The van der Waals surface area contributed by atoms with Crippen molar-refractivity contribution in [3.8, 4) is 5.75 Å². The number of aromatic amines is 1. The number of hydrogen-bond acceptors (Lipinski definition) is 3. The molecule has 0 unspecified atom stereocenters. The Labute approximate surface area is 113 Å². The zero-order chi connectivity index (χ0) is 13.0. The smallest absolute Gasteiger partial charge is 0.119 e. The van der Waals surface area contributed by atoms with Crippen molar-refractivity contribution < 1.29 is 4.74 Å². The molecule has 0 spiro atoms. The number of fused-ring (bicyclic) bond motifs is 5. The van der Waals surface area contributed by atoms with Gasteiger partial charge in [-0.05, 0) is 37.3 Å². The molecular formula is C15H12N2OS. The summed E-state index contributed by atoms with van der Waals surface area (Å²) in [6.07, 6.45) is 0. The maximum atomic E-state index is 5.33. The largest absolute Gasteiger partial charge is 0.497 e. The number of ether oxygens (including phenoxy) is 1. The fourth-order valence-electron chi connectivity index (χ4n) is 2.59. The monoisotopic (exact) mass is 268 g/mol. The van der Waals surface area contributed by atoms with Crippen LogP contribution < -0.4 is 4.74 Å². The highest BCUT2D eigenvalue weighted by Gasteiger charge is 2.11. The quantitative estimate of drug-likeness (QED) is 0.560. The highest BCUT2D eigenvalue weighted by Crippen LogP contribution is 2.35. The number of benzene rings is 2. The summed E-state index contributed by atoms with van der Waals surface area (Å²) in [5.74, 6) is 0.873. The van der Waals surface area contributed by atoms with Crippen molar-refractivity contribution in [1.82, 2.24) is 9.97 Å². The van der Waals surface area contributed by atoms with E-state index in [1.807, 2.05) is 13.0 Å². The summed E-state index contributed by atoms with van der Waals surface area (Å²) >= 11 is 1.73. The maximum Gasteiger partial charge on any atom is 0.119 e. The molecule has 4 heteroatoms. The van der Waals surface area contributed by atoms with E-state index in [0.29, 0.717) is 0 Å². The van der Waals surface area contributed by atoms with E-state index in [0.717, 1.165) is 27.3 Å². The number of methoxy groups -OCH3 is 1. The number of aryl methyl sites for hydroxylation is 1. The van der Waals surface area contributed by atoms with Gasteiger partial charge < -0.3 is 9.72 Å². The van der Waals surface area contributed by atoms with E-state index in [1.54, 1.807) is 18.4 Å². The number of thiazole rings is 1. The average molecular weight is 268 g/mol. The summed E-state index contributed by atoms with van der Waals surface area (Å²) in [6.45, 7) is 2.05. The van der Waals surface area contributed by atoms with Gasteiger partial charge in [0.05, 0.1) is 22.3 Å². The molecule has 0 amide bonds. The normalized spacial score (nSPS) is 11.7. The molecule has 19 heavy (non-hydrogen) atoms. The molecule has 2 aromatic carbocycles. The van der Waals surface area contributed by atoms with Crippen LogP contribution in [0.15, 0.2) is 30.3 Å². The lowest BCUT2D eigenvalue weighted by Gasteiger charge is -1.99. The van der Waals surface area contributed by atoms with Crippen LogP contribution in [-0.2, 0) is 0 Å². The SMILES string of the molecule is COc1ccc2[nH]c3ccc4sc(C)nc4c3c2c1. The summed E-state index contributed by atoms with van der Waals surface area (Å²) < 4.78 is 6.56. The molecule has 2 heterocycles. The third kappa shape index (κ3) is 1.47. The van der Waals surface area contributed by atoms with E-state index in [4.69, 9.17) is 4.74 Å². The van der Waals surface area contributed by atoms with E-state index in [2.05, 4.69) is 34.2 Å². The van der Waals surface area contributed by atoms with E-state index in [-0.39, 0.29) is 0 Å². The van der Waals surface area contributed by atoms with Gasteiger partial charge in [0.2, 0.25) is 0 Å². The molecule has 0 saturated heterocycles. The molecule has 2 aromatic heterocycles. The zero-order valence-electron chi connectivity index (χ0n) is 10.7. The average Bonchev–Trinajstić information content (AvgIpc) is 2.96. The summed E-state index contributed by atoms with van der Waals surface area (Å²) in [5.41, 5.74) is 3.33. The molecule has 4 rings (SSSR count). The van der Waals surface area contributed by atoms with Crippen molar-refractivity contribution in [2.24, 2.45) is 0 Å². The predicted molar refractivity (Wildman–Crippen MR) is 80.3 cm³/mol. The van der Waals surface area contributed by atoms with E-state index in [9.17, 15) is 0 Å². The van der Waals surface area contributed by atoms with Crippen LogP contribution in [-0.4, -0.2) is 17.1 Å². The number of H-pyrrole nitrogens is 1. The molecule has 0 saturated carbocycles. The topological polar surface area (TPSA) is 37.9 Å². The lowest BCUT2D eigenvalue weighted by atomic mass is 10.1. The molecule has 0 aliphatic rings. The Kier molecular flexibility index (Phi) is 2.11. The van der Waals surface area contributed by atoms with Crippen molar-refractivity contribution in [1.29, 1.82) is 0 Å². The highest BCUT2D eigenvalue weighted by molar-refractivity contribution is 7.18. The molecule has 0 radical (unpaired) electrons. The van der Waals surface area contributed by atoms with Gasteiger partial charge in [-0.15, -0.1) is 11.3 Å². The van der Waals surface area contributed by atoms with Gasteiger partial charge in [-0.3, -0.25) is 0 Å². The van der Waals surface area contributed by atoms with Crippen LogP contribution >= 0.6 is 11.3 Å². The van der Waals surface area contributed by atoms with Crippen LogP contribution in [0.4, 0.5) is 0 Å². The van der Waals surface area contributed by atoms with Gasteiger partial charge in [-0.2, -0.15) is 0 Å². The minimum absolute atomic E-state index is 0.873. The van der Waals surface area contributed by atoms with Crippen LogP contribution in [0, 0.1) is 6.92 Å². The predicted octanol–water partition coefficient (Wildman–Crippen LogP) is 4.25. The third-order valence-corrected chi connectivity index (χ3v) is 4.37.